The summed E-state index contributed by atoms with van der Waals surface area (Å²) in [6.07, 6.45) is 3.97. The first kappa shape index (κ1) is 11.4. The van der Waals surface area contributed by atoms with Gasteiger partial charge in [-0.1, -0.05) is 13.8 Å². The third-order valence-electron chi connectivity index (χ3n) is 3.39. The first-order chi connectivity index (χ1) is 7.06. The van der Waals surface area contributed by atoms with Crippen LogP contribution in [0.4, 0.5) is 0 Å². The van der Waals surface area contributed by atoms with E-state index in [9.17, 15) is 0 Å². The molecule has 0 aromatic carbocycles. The van der Waals surface area contributed by atoms with Gasteiger partial charge in [0.25, 0.3) is 0 Å². The molecule has 0 bridgehead atoms. The van der Waals surface area contributed by atoms with E-state index in [2.05, 4.69) is 59.2 Å². The number of nitrogens with zero attached hydrogens (tertiary/aromatic N) is 2. The Morgan fingerprint density at radius 2 is 1.87 bits per heavy atom. The van der Waals surface area contributed by atoms with Gasteiger partial charge in [-0.3, -0.25) is 4.68 Å². The van der Waals surface area contributed by atoms with Gasteiger partial charge in [-0.2, -0.15) is 5.10 Å². The molecular formula is C12H19IN2. The molecule has 0 radical (unpaired) electrons. The van der Waals surface area contributed by atoms with Crippen molar-refractivity contribution < 1.29 is 0 Å². The van der Waals surface area contributed by atoms with Gasteiger partial charge in [0, 0.05) is 5.69 Å². The van der Waals surface area contributed by atoms with Crippen LogP contribution in [0.25, 0.3) is 0 Å². The summed E-state index contributed by atoms with van der Waals surface area (Å²) >= 11 is 2.30. The molecule has 1 fully saturated rings. The van der Waals surface area contributed by atoms with Crippen LogP contribution < -0.4 is 0 Å². The molecule has 1 saturated carbocycles. The zero-order chi connectivity index (χ0) is 11.0. The van der Waals surface area contributed by atoms with Crippen molar-refractivity contribution in [3.63, 3.8) is 0 Å². The van der Waals surface area contributed by atoms with Crippen LogP contribution in [0.1, 0.15) is 44.8 Å². The van der Waals surface area contributed by atoms with E-state index in [1.54, 1.807) is 0 Å². The molecular weight excluding hydrogens is 299 g/mol. The minimum atomic E-state index is 0.632. The van der Waals surface area contributed by atoms with Gasteiger partial charge in [0.15, 0.2) is 0 Å². The standard InChI is InChI=1S/C12H19IN2/c1-8-4-9(2)6-11(5-8)15-10(3)7-12(13)14-15/h7-9,11H,4-6H2,1-3H3. The van der Waals surface area contributed by atoms with Gasteiger partial charge < -0.3 is 0 Å². The second-order valence-corrected chi connectivity index (χ2v) is 6.23. The molecule has 2 rings (SSSR count). The van der Waals surface area contributed by atoms with Crippen LogP contribution in [-0.4, -0.2) is 9.78 Å². The average molecular weight is 318 g/mol. The summed E-state index contributed by atoms with van der Waals surface area (Å²) in [6, 6.07) is 2.80. The summed E-state index contributed by atoms with van der Waals surface area (Å²) in [5.74, 6) is 1.69. The molecule has 3 heteroatoms. The molecule has 0 spiro atoms. The normalized spacial score (nSPS) is 31.9. The van der Waals surface area contributed by atoms with Crippen LogP contribution in [0.15, 0.2) is 6.07 Å². The lowest BCUT2D eigenvalue weighted by Gasteiger charge is -2.32. The van der Waals surface area contributed by atoms with Crippen molar-refractivity contribution in [3.8, 4) is 0 Å². The van der Waals surface area contributed by atoms with E-state index in [4.69, 9.17) is 0 Å². The number of hydrogen-bond acceptors (Lipinski definition) is 1. The molecule has 1 aliphatic carbocycles. The highest BCUT2D eigenvalue weighted by molar-refractivity contribution is 14.1. The first-order valence-electron chi connectivity index (χ1n) is 5.78. The maximum atomic E-state index is 4.61. The summed E-state index contributed by atoms with van der Waals surface area (Å²) in [5, 5.41) is 4.61. The van der Waals surface area contributed by atoms with Gasteiger partial charge in [-0.15, -0.1) is 0 Å². The molecule has 0 saturated heterocycles. The predicted octanol–water partition coefficient (Wildman–Crippen LogP) is 3.79. The summed E-state index contributed by atoms with van der Waals surface area (Å²) in [7, 11) is 0. The van der Waals surface area contributed by atoms with E-state index in [0.717, 1.165) is 15.5 Å². The molecule has 2 unspecified atom stereocenters. The van der Waals surface area contributed by atoms with Gasteiger partial charge in [-0.05, 0) is 66.7 Å². The summed E-state index contributed by atoms with van der Waals surface area (Å²) in [6.45, 7) is 6.90. The van der Waals surface area contributed by atoms with Crippen molar-refractivity contribution in [1.82, 2.24) is 9.78 Å². The van der Waals surface area contributed by atoms with Crippen LogP contribution >= 0.6 is 22.6 Å². The van der Waals surface area contributed by atoms with E-state index in [1.807, 2.05) is 0 Å². The van der Waals surface area contributed by atoms with Crippen LogP contribution in [0.5, 0.6) is 0 Å². The highest BCUT2D eigenvalue weighted by atomic mass is 127. The van der Waals surface area contributed by atoms with Crippen LogP contribution in [0.3, 0.4) is 0 Å². The molecule has 84 valence electrons. The van der Waals surface area contributed by atoms with E-state index in [-0.39, 0.29) is 0 Å². The number of rotatable bonds is 1. The van der Waals surface area contributed by atoms with Gasteiger partial charge in [0.05, 0.1) is 6.04 Å². The lowest BCUT2D eigenvalue weighted by atomic mass is 9.80. The number of aromatic nitrogens is 2. The maximum absolute atomic E-state index is 4.61. The third kappa shape index (κ3) is 2.55. The smallest absolute Gasteiger partial charge is 0.123 e. The number of aryl methyl sites for hydroxylation is 1. The van der Waals surface area contributed by atoms with Crippen LogP contribution in [0.2, 0.25) is 0 Å². The Morgan fingerprint density at radius 3 is 2.33 bits per heavy atom. The fraction of sp³-hybridized carbons (Fsp3) is 0.750. The zero-order valence-corrected chi connectivity index (χ0v) is 11.9. The Kier molecular flexibility index (Phi) is 3.38. The average Bonchev–Trinajstić information content (AvgIpc) is 2.43. The van der Waals surface area contributed by atoms with Gasteiger partial charge in [0.1, 0.15) is 3.70 Å². The fourth-order valence-corrected chi connectivity index (χ4v) is 3.61. The van der Waals surface area contributed by atoms with Gasteiger partial charge in [0.2, 0.25) is 0 Å². The van der Waals surface area contributed by atoms with Crippen LogP contribution in [0, 0.1) is 22.5 Å². The van der Waals surface area contributed by atoms with Crippen molar-refractivity contribution in [2.24, 2.45) is 11.8 Å². The van der Waals surface area contributed by atoms with E-state index < -0.39 is 0 Å². The van der Waals surface area contributed by atoms with Gasteiger partial charge in [-0.25, -0.2) is 0 Å². The Bertz CT molecular complexity index is 335. The predicted molar refractivity (Wildman–Crippen MR) is 70.9 cm³/mol. The quantitative estimate of drug-likeness (QED) is 0.720. The van der Waals surface area contributed by atoms with Crippen LogP contribution in [-0.2, 0) is 0 Å². The van der Waals surface area contributed by atoms with E-state index in [1.165, 1.54) is 25.0 Å². The summed E-state index contributed by atoms with van der Waals surface area (Å²) < 4.78 is 3.37. The first-order valence-corrected chi connectivity index (χ1v) is 6.85. The van der Waals surface area contributed by atoms with Crippen molar-refractivity contribution in [3.05, 3.63) is 15.5 Å². The molecule has 0 N–H and O–H groups in total. The largest absolute Gasteiger partial charge is 0.266 e. The number of halogens is 1. The molecule has 0 amide bonds. The third-order valence-corrected chi connectivity index (χ3v) is 3.92. The Hall–Kier alpha value is -0.0600. The molecule has 1 aromatic heterocycles. The minimum absolute atomic E-state index is 0.632. The number of hydrogen-bond donors (Lipinski definition) is 0. The summed E-state index contributed by atoms with van der Waals surface area (Å²) in [5.41, 5.74) is 1.31. The van der Waals surface area contributed by atoms with E-state index >= 15 is 0 Å². The molecule has 1 aliphatic rings. The Labute approximate surface area is 106 Å². The van der Waals surface area contributed by atoms with Gasteiger partial charge >= 0.3 is 0 Å². The fourth-order valence-electron chi connectivity index (χ4n) is 2.92. The Balaban J connectivity index is 2.19. The van der Waals surface area contributed by atoms with Crippen molar-refractivity contribution in [2.75, 3.05) is 0 Å². The second-order valence-electron chi connectivity index (χ2n) is 5.12. The lowest BCUT2D eigenvalue weighted by Crippen LogP contribution is -2.24. The highest BCUT2D eigenvalue weighted by Gasteiger charge is 2.26. The second kappa shape index (κ2) is 4.44. The zero-order valence-electron chi connectivity index (χ0n) is 9.70. The van der Waals surface area contributed by atoms with Crippen molar-refractivity contribution >= 4 is 22.6 Å². The summed E-state index contributed by atoms with van der Waals surface area (Å²) in [4.78, 5) is 0. The Morgan fingerprint density at radius 1 is 1.27 bits per heavy atom. The molecule has 15 heavy (non-hydrogen) atoms. The minimum Gasteiger partial charge on any atom is -0.266 e. The monoisotopic (exact) mass is 318 g/mol. The molecule has 1 aromatic rings. The topological polar surface area (TPSA) is 17.8 Å². The molecule has 0 aliphatic heterocycles. The molecule has 2 atom stereocenters. The molecule has 2 nitrogen and oxygen atoms in total. The SMILES string of the molecule is Cc1cc(I)nn1C1CC(C)CC(C)C1. The van der Waals surface area contributed by atoms with E-state index in [0.29, 0.717) is 6.04 Å². The molecule has 1 heterocycles. The highest BCUT2D eigenvalue weighted by Crippen LogP contribution is 2.36. The van der Waals surface area contributed by atoms with Crippen molar-refractivity contribution in [2.45, 2.75) is 46.1 Å². The lowest BCUT2D eigenvalue weighted by molar-refractivity contribution is 0.207. The maximum Gasteiger partial charge on any atom is 0.123 e. The van der Waals surface area contributed by atoms with Crippen molar-refractivity contribution in [1.29, 1.82) is 0 Å².